The fourth-order valence-electron chi connectivity index (χ4n) is 5.77. The number of likely N-dealkylation sites (tertiary alicyclic amines) is 1. The molecule has 1 spiro atoms. The zero-order valence-electron chi connectivity index (χ0n) is 20.3. The van der Waals surface area contributed by atoms with Crippen molar-refractivity contribution in [1.82, 2.24) is 9.80 Å². The number of thioether (sulfide) groups is 1. The molecular formula is C25H37BrN2O5S. The number of alkyl halides is 1. The normalized spacial score (nSPS) is 32.6. The second-order valence-electron chi connectivity index (χ2n) is 9.63. The van der Waals surface area contributed by atoms with Gasteiger partial charge in [-0.15, -0.1) is 24.9 Å². The Balaban J connectivity index is 2.03. The molecule has 9 heteroatoms. The van der Waals surface area contributed by atoms with Gasteiger partial charge in [-0.1, -0.05) is 35.0 Å². The minimum absolute atomic E-state index is 0.0105. The molecule has 0 saturated carbocycles. The Hall–Kier alpha value is -1.32. The van der Waals surface area contributed by atoms with Gasteiger partial charge in [-0.2, -0.15) is 0 Å². The van der Waals surface area contributed by atoms with Crippen LogP contribution < -0.4 is 0 Å². The number of unbranched alkanes of at least 4 members (excludes halogenated alkanes) is 1. The zero-order chi connectivity index (χ0) is 25.2. The quantitative estimate of drug-likeness (QED) is 0.172. The first-order chi connectivity index (χ1) is 16.2. The van der Waals surface area contributed by atoms with Gasteiger partial charge in [0.1, 0.15) is 6.04 Å². The van der Waals surface area contributed by atoms with Gasteiger partial charge in [0, 0.05) is 22.7 Å². The number of esters is 1. The van der Waals surface area contributed by atoms with Crippen LogP contribution in [0.4, 0.5) is 0 Å². The topological polar surface area (TPSA) is 87.2 Å². The Bertz CT molecular complexity index is 819. The maximum Gasteiger partial charge on any atom is 0.310 e. The summed E-state index contributed by atoms with van der Waals surface area (Å²) in [6.07, 6.45) is 6.02. The highest BCUT2D eigenvalue weighted by molar-refractivity contribution is 9.09. The molecule has 2 bridgehead atoms. The average molecular weight is 558 g/mol. The molecule has 3 aliphatic rings. The summed E-state index contributed by atoms with van der Waals surface area (Å²) >= 11 is 5.34. The number of ether oxygens (including phenoxy) is 1. The lowest BCUT2D eigenvalue weighted by Gasteiger charge is -2.40. The molecule has 0 aromatic carbocycles. The maximum absolute atomic E-state index is 14.1. The van der Waals surface area contributed by atoms with Crippen molar-refractivity contribution in [2.45, 2.75) is 79.4 Å². The highest BCUT2D eigenvalue weighted by atomic mass is 79.9. The number of allylic oxidation sites excluding steroid dienone is 1. The Kier molecular flexibility index (Phi) is 8.96. The summed E-state index contributed by atoms with van der Waals surface area (Å²) in [4.78, 5) is 44.6. The number of halogens is 1. The van der Waals surface area contributed by atoms with Gasteiger partial charge < -0.3 is 19.6 Å². The van der Waals surface area contributed by atoms with E-state index in [0.29, 0.717) is 25.8 Å². The number of hydrogen-bond acceptors (Lipinski definition) is 6. The molecule has 34 heavy (non-hydrogen) atoms. The molecule has 3 aliphatic heterocycles. The zero-order valence-corrected chi connectivity index (χ0v) is 22.7. The first-order valence-corrected chi connectivity index (χ1v) is 13.9. The summed E-state index contributed by atoms with van der Waals surface area (Å²) in [5, 5.41) is 9.99. The van der Waals surface area contributed by atoms with E-state index in [4.69, 9.17) is 4.74 Å². The molecule has 1 N–H and O–H groups in total. The summed E-state index contributed by atoms with van der Waals surface area (Å²) in [5.74, 6) is -2.00. The van der Waals surface area contributed by atoms with Crippen molar-refractivity contribution in [3.8, 4) is 0 Å². The molecule has 3 unspecified atom stereocenters. The second kappa shape index (κ2) is 11.2. The summed E-state index contributed by atoms with van der Waals surface area (Å²) in [5.41, 5.74) is 0. The van der Waals surface area contributed by atoms with E-state index >= 15 is 0 Å². The predicted octanol–water partition coefficient (Wildman–Crippen LogP) is 3.15. The standard InChI is InChI=1S/C25H37BrN2O5S/c1-6-9-10-12-33-24(32)18-19-22(30)28(16(8-3)14-29)21(23(31)27(11-7-2)15(4)5)25(19)13-17(26)20(18)34-25/h6-7,15-21,29H,1-2,8-14H2,3-5H3/t16-,17?,18+,19-,20+,21?,25?/m0/s1. The molecule has 7 nitrogen and oxygen atoms in total. The Morgan fingerprint density at radius 2 is 2.09 bits per heavy atom. The molecule has 3 heterocycles. The Labute approximate surface area is 215 Å². The van der Waals surface area contributed by atoms with Gasteiger partial charge in [0.05, 0.1) is 35.8 Å². The number of rotatable bonds is 12. The summed E-state index contributed by atoms with van der Waals surface area (Å²) in [6.45, 7) is 13.7. The fraction of sp³-hybridized carbons (Fsp3) is 0.720. The first-order valence-electron chi connectivity index (χ1n) is 12.1. The molecule has 190 valence electrons. The van der Waals surface area contributed by atoms with Crippen molar-refractivity contribution in [2.24, 2.45) is 11.8 Å². The van der Waals surface area contributed by atoms with Crippen LogP contribution in [0.25, 0.3) is 0 Å². The van der Waals surface area contributed by atoms with Gasteiger partial charge in [0.25, 0.3) is 0 Å². The highest BCUT2D eigenvalue weighted by Crippen LogP contribution is 2.68. The largest absolute Gasteiger partial charge is 0.465 e. The lowest BCUT2D eigenvalue weighted by atomic mass is 9.71. The lowest BCUT2D eigenvalue weighted by molar-refractivity contribution is -0.154. The van der Waals surface area contributed by atoms with Crippen LogP contribution in [0.15, 0.2) is 25.3 Å². The van der Waals surface area contributed by atoms with Crippen LogP contribution in [0.1, 0.15) is 46.5 Å². The first kappa shape index (κ1) is 27.3. The lowest BCUT2D eigenvalue weighted by Crippen LogP contribution is -2.58. The number of aliphatic hydroxyl groups is 1. The van der Waals surface area contributed by atoms with Crippen molar-refractivity contribution in [1.29, 1.82) is 0 Å². The van der Waals surface area contributed by atoms with E-state index in [9.17, 15) is 19.5 Å². The third-order valence-corrected chi connectivity index (χ3v) is 10.6. The van der Waals surface area contributed by atoms with E-state index < -0.39 is 28.7 Å². The molecule has 0 aromatic heterocycles. The van der Waals surface area contributed by atoms with Gasteiger partial charge in [-0.3, -0.25) is 14.4 Å². The Morgan fingerprint density at radius 1 is 1.38 bits per heavy atom. The van der Waals surface area contributed by atoms with E-state index in [1.54, 1.807) is 33.7 Å². The number of carbonyl (C=O) groups is 3. The van der Waals surface area contributed by atoms with Crippen LogP contribution in [0.2, 0.25) is 0 Å². The summed E-state index contributed by atoms with van der Waals surface area (Å²) < 4.78 is 4.86. The van der Waals surface area contributed by atoms with E-state index in [2.05, 4.69) is 29.1 Å². The van der Waals surface area contributed by atoms with Crippen LogP contribution in [0.5, 0.6) is 0 Å². The minimum atomic E-state index is -0.752. The molecular weight excluding hydrogens is 520 g/mol. The Morgan fingerprint density at radius 3 is 2.65 bits per heavy atom. The van der Waals surface area contributed by atoms with Crippen LogP contribution >= 0.6 is 27.7 Å². The maximum atomic E-state index is 14.1. The third kappa shape index (κ3) is 4.48. The number of nitrogens with zero attached hydrogens (tertiary/aromatic N) is 2. The van der Waals surface area contributed by atoms with Gasteiger partial charge in [-0.05, 0) is 39.5 Å². The second-order valence-corrected chi connectivity index (χ2v) is 12.3. The van der Waals surface area contributed by atoms with Crippen molar-refractivity contribution in [3.63, 3.8) is 0 Å². The van der Waals surface area contributed by atoms with E-state index in [-0.39, 0.29) is 47.1 Å². The molecule has 3 saturated heterocycles. The average Bonchev–Trinajstić information content (AvgIpc) is 3.39. The van der Waals surface area contributed by atoms with Crippen LogP contribution in [0, 0.1) is 11.8 Å². The van der Waals surface area contributed by atoms with Gasteiger partial charge in [-0.25, -0.2) is 0 Å². The van der Waals surface area contributed by atoms with Gasteiger partial charge >= 0.3 is 5.97 Å². The van der Waals surface area contributed by atoms with Crippen LogP contribution in [0.3, 0.4) is 0 Å². The van der Waals surface area contributed by atoms with Crippen molar-refractivity contribution < 1.29 is 24.2 Å². The summed E-state index contributed by atoms with van der Waals surface area (Å²) in [6, 6.07) is -1.32. The van der Waals surface area contributed by atoms with Crippen molar-refractivity contribution >= 4 is 45.5 Å². The predicted molar refractivity (Wildman–Crippen MR) is 138 cm³/mol. The number of fused-ring (bicyclic) bond motifs is 1. The molecule has 7 atom stereocenters. The fourth-order valence-corrected chi connectivity index (χ4v) is 9.35. The van der Waals surface area contributed by atoms with Crippen molar-refractivity contribution in [3.05, 3.63) is 25.3 Å². The number of aliphatic hydroxyl groups excluding tert-OH is 1. The third-order valence-electron chi connectivity index (χ3n) is 7.34. The van der Waals surface area contributed by atoms with Gasteiger partial charge in [0.15, 0.2) is 0 Å². The number of carbonyl (C=O) groups excluding carboxylic acids is 3. The molecule has 0 radical (unpaired) electrons. The van der Waals surface area contributed by atoms with Crippen LogP contribution in [-0.4, -0.2) is 85.4 Å². The minimum Gasteiger partial charge on any atom is -0.465 e. The van der Waals surface area contributed by atoms with E-state index in [0.717, 1.165) is 6.42 Å². The molecule has 0 aliphatic carbocycles. The van der Waals surface area contributed by atoms with E-state index in [1.165, 1.54) is 0 Å². The molecule has 0 aromatic rings. The summed E-state index contributed by atoms with van der Waals surface area (Å²) in [7, 11) is 0. The van der Waals surface area contributed by atoms with Crippen LogP contribution in [-0.2, 0) is 19.1 Å². The number of hydrogen-bond donors (Lipinski definition) is 1. The smallest absolute Gasteiger partial charge is 0.310 e. The molecule has 3 rings (SSSR count). The molecule has 3 fully saturated rings. The SMILES string of the molecule is C=CCCCOC(=O)[C@H]1[C@@H]2SC3(CC2Br)C(C(=O)N(CC=C)C(C)C)N([C@@H](CC)CO)C(=O)[C@H]13. The van der Waals surface area contributed by atoms with Crippen molar-refractivity contribution in [2.75, 3.05) is 19.8 Å². The van der Waals surface area contributed by atoms with Gasteiger partial charge in [0.2, 0.25) is 11.8 Å². The van der Waals surface area contributed by atoms with E-state index in [1.807, 2.05) is 20.8 Å². The highest BCUT2D eigenvalue weighted by Gasteiger charge is 2.76. The number of amides is 2. The molecule has 2 amide bonds. The monoisotopic (exact) mass is 556 g/mol.